The van der Waals surface area contributed by atoms with Crippen molar-refractivity contribution in [3.8, 4) is 0 Å². The van der Waals surface area contributed by atoms with Crippen LogP contribution in [0.1, 0.15) is 98.8 Å². The molecule has 0 aromatic carbocycles. The predicted molar refractivity (Wildman–Crippen MR) is 135 cm³/mol. The molecule has 5 aliphatic rings. The first-order chi connectivity index (χ1) is 15.9. The monoisotopic (exact) mass is 474 g/mol. The normalized spacial score (nSPS) is 57.4. The third kappa shape index (κ3) is 3.17. The number of rotatable bonds is 2. The molecule has 34 heavy (non-hydrogen) atoms. The van der Waals surface area contributed by atoms with E-state index in [-0.39, 0.29) is 29.5 Å². The van der Waals surface area contributed by atoms with Gasteiger partial charge in [-0.2, -0.15) is 0 Å². The highest BCUT2D eigenvalue weighted by Crippen LogP contribution is 2.70. The second-order valence-corrected chi connectivity index (χ2v) is 14.6. The smallest absolute Gasteiger partial charge is 0.0618 e. The van der Waals surface area contributed by atoms with Crippen molar-refractivity contribution >= 4 is 0 Å². The summed E-state index contributed by atoms with van der Waals surface area (Å²) < 4.78 is 0. The van der Waals surface area contributed by atoms with Crippen LogP contribution in [-0.4, -0.2) is 45.8 Å². The highest BCUT2D eigenvalue weighted by molar-refractivity contribution is 5.25. The molecule has 0 aromatic rings. The van der Waals surface area contributed by atoms with Crippen molar-refractivity contribution in [1.82, 2.24) is 0 Å². The minimum Gasteiger partial charge on any atom is -0.396 e. The van der Waals surface area contributed by atoms with Crippen LogP contribution in [0, 0.1) is 50.7 Å². The molecule has 5 aliphatic carbocycles. The van der Waals surface area contributed by atoms with E-state index in [1.54, 1.807) is 5.57 Å². The summed E-state index contributed by atoms with van der Waals surface area (Å²) in [5, 5.41) is 42.6. The fraction of sp³-hybridized carbons (Fsp3) is 0.933. The van der Waals surface area contributed by atoms with Gasteiger partial charge in [-0.1, -0.05) is 46.3 Å². The molecule has 0 aliphatic heterocycles. The molecule has 4 heteroatoms. The summed E-state index contributed by atoms with van der Waals surface area (Å²) in [6.45, 7) is 11.9. The Labute approximate surface area is 207 Å². The Morgan fingerprint density at radius 1 is 0.706 bits per heavy atom. The van der Waals surface area contributed by atoms with Crippen LogP contribution in [0.2, 0.25) is 0 Å². The van der Waals surface area contributed by atoms with Crippen molar-refractivity contribution in [3.05, 3.63) is 11.6 Å². The molecular weight excluding hydrogens is 424 g/mol. The minimum absolute atomic E-state index is 0.0620. The van der Waals surface area contributed by atoms with E-state index < -0.39 is 23.0 Å². The molecule has 194 valence electrons. The van der Waals surface area contributed by atoms with Crippen LogP contribution in [0.15, 0.2) is 11.6 Å². The van der Waals surface area contributed by atoms with Crippen molar-refractivity contribution < 1.29 is 20.4 Å². The van der Waals surface area contributed by atoms with Crippen LogP contribution >= 0.6 is 0 Å². The summed E-state index contributed by atoms with van der Waals surface area (Å²) in [6.07, 6.45) is 12.2. The lowest BCUT2D eigenvalue weighted by Crippen LogP contribution is -2.60. The lowest BCUT2D eigenvalue weighted by Gasteiger charge is -2.64. The lowest BCUT2D eigenvalue weighted by molar-refractivity contribution is -0.189. The van der Waals surface area contributed by atoms with Crippen molar-refractivity contribution in [2.45, 2.75) is 111 Å². The second kappa shape index (κ2) is 8.04. The Morgan fingerprint density at radius 2 is 1.29 bits per heavy atom. The Kier molecular flexibility index (Phi) is 5.97. The van der Waals surface area contributed by atoms with Gasteiger partial charge in [0.1, 0.15) is 0 Å². The van der Waals surface area contributed by atoms with Gasteiger partial charge in [0, 0.05) is 10.8 Å². The molecule has 0 bridgehead atoms. The number of hydrogen-bond acceptors (Lipinski definition) is 4. The fourth-order valence-electron chi connectivity index (χ4n) is 11.0. The SMILES string of the molecule is C[C@@]12CC[C@@H]3[C@](C)(CC[C@@H](O)[C@]3(C)CO)[C@@H]1CC[C@H]1C(=CC[C@@H]3[C@]1(C)CC[C@@H](O)[C@]3(C)CO)C2. The van der Waals surface area contributed by atoms with Crippen LogP contribution in [0.4, 0.5) is 0 Å². The first kappa shape index (κ1) is 25.2. The second-order valence-electron chi connectivity index (χ2n) is 14.6. The van der Waals surface area contributed by atoms with E-state index >= 15 is 0 Å². The van der Waals surface area contributed by atoms with Crippen molar-refractivity contribution in [1.29, 1.82) is 0 Å². The Hall–Kier alpha value is -0.420. The molecule has 4 saturated carbocycles. The van der Waals surface area contributed by atoms with E-state index in [9.17, 15) is 20.4 Å². The molecule has 4 nitrogen and oxygen atoms in total. The first-order valence-corrected chi connectivity index (χ1v) is 14.2. The summed E-state index contributed by atoms with van der Waals surface area (Å²) in [7, 11) is 0. The number of aliphatic hydroxyl groups is 4. The maximum Gasteiger partial charge on any atom is 0.0618 e. The van der Waals surface area contributed by atoms with Crippen LogP contribution < -0.4 is 0 Å². The third-order valence-corrected chi connectivity index (χ3v) is 13.2. The molecule has 11 atom stereocenters. The molecule has 4 N–H and O–H groups in total. The number of hydrogen-bond donors (Lipinski definition) is 4. The van der Waals surface area contributed by atoms with Crippen LogP contribution in [0.3, 0.4) is 0 Å². The fourth-order valence-corrected chi connectivity index (χ4v) is 11.0. The lowest BCUT2D eigenvalue weighted by atomic mass is 9.42. The average molecular weight is 475 g/mol. The maximum atomic E-state index is 10.9. The van der Waals surface area contributed by atoms with Crippen molar-refractivity contribution in [2.24, 2.45) is 50.7 Å². The van der Waals surface area contributed by atoms with Gasteiger partial charge < -0.3 is 20.4 Å². The number of aliphatic hydroxyl groups excluding tert-OH is 4. The summed E-state index contributed by atoms with van der Waals surface area (Å²) in [5.41, 5.74) is 1.39. The summed E-state index contributed by atoms with van der Waals surface area (Å²) in [6, 6.07) is 0. The average Bonchev–Trinajstić information content (AvgIpc) is 2.96. The summed E-state index contributed by atoms with van der Waals surface area (Å²) in [5.74, 6) is 1.82. The van der Waals surface area contributed by atoms with Gasteiger partial charge in [-0.05, 0) is 104 Å². The van der Waals surface area contributed by atoms with E-state index in [1.165, 1.54) is 25.7 Å². The number of allylic oxidation sites excluding steroid dienone is 2. The molecule has 4 fully saturated rings. The maximum absolute atomic E-state index is 10.9. The third-order valence-electron chi connectivity index (χ3n) is 13.2. The topological polar surface area (TPSA) is 80.9 Å². The zero-order chi connectivity index (χ0) is 24.7. The van der Waals surface area contributed by atoms with Gasteiger partial charge in [-0.25, -0.2) is 0 Å². The number of fused-ring (bicyclic) bond motifs is 6. The summed E-state index contributed by atoms with van der Waals surface area (Å²) in [4.78, 5) is 0. The standard InChI is InChI=1S/C30H50O4/c1-26-13-10-23-28(3,15-12-25(34)30(23,5)18-32)21(26)9-7-20-19(16-26)6-8-22-27(20,2)14-11-24(33)29(22,4)17-31/h6,20-25,31-34H,7-18H2,1-5H3/t20-,21+,22+,23+,24+,25+,26-,27+,28+,29+,30+/m0/s1. The van der Waals surface area contributed by atoms with Gasteiger partial charge in [0.2, 0.25) is 0 Å². The Balaban J connectivity index is 1.50. The van der Waals surface area contributed by atoms with E-state index in [0.29, 0.717) is 23.7 Å². The molecule has 0 aromatic heterocycles. The van der Waals surface area contributed by atoms with Crippen LogP contribution in [-0.2, 0) is 0 Å². The molecule has 0 saturated heterocycles. The van der Waals surface area contributed by atoms with E-state index in [0.717, 1.165) is 38.5 Å². The quantitative estimate of drug-likeness (QED) is 0.421. The minimum atomic E-state index is -0.419. The zero-order valence-corrected chi connectivity index (χ0v) is 22.3. The molecular formula is C30H50O4. The van der Waals surface area contributed by atoms with Crippen LogP contribution in [0.5, 0.6) is 0 Å². The zero-order valence-electron chi connectivity index (χ0n) is 22.3. The molecule has 0 unspecified atom stereocenters. The highest BCUT2D eigenvalue weighted by atomic mass is 16.3. The molecule has 0 spiro atoms. The highest BCUT2D eigenvalue weighted by Gasteiger charge is 2.64. The van der Waals surface area contributed by atoms with E-state index in [1.807, 2.05) is 0 Å². The van der Waals surface area contributed by atoms with Gasteiger partial charge in [0.15, 0.2) is 0 Å². The van der Waals surface area contributed by atoms with Crippen molar-refractivity contribution in [3.63, 3.8) is 0 Å². The predicted octanol–water partition coefficient (Wildman–Crippen LogP) is 5.08. The molecule has 0 radical (unpaired) electrons. The van der Waals surface area contributed by atoms with E-state index in [4.69, 9.17) is 0 Å². The molecule has 0 heterocycles. The van der Waals surface area contributed by atoms with Gasteiger partial charge in [-0.3, -0.25) is 0 Å². The summed E-state index contributed by atoms with van der Waals surface area (Å²) >= 11 is 0. The van der Waals surface area contributed by atoms with Gasteiger partial charge in [0.25, 0.3) is 0 Å². The van der Waals surface area contributed by atoms with Gasteiger partial charge in [0.05, 0.1) is 25.4 Å². The largest absolute Gasteiger partial charge is 0.396 e. The molecule has 0 amide bonds. The Bertz CT molecular complexity index is 840. The van der Waals surface area contributed by atoms with Crippen LogP contribution in [0.25, 0.3) is 0 Å². The van der Waals surface area contributed by atoms with Crippen molar-refractivity contribution in [2.75, 3.05) is 13.2 Å². The molecule has 5 rings (SSSR count). The first-order valence-electron chi connectivity index (χ1n) is 14.2. The Morgan fingerprint density at radius 3 is 1.91 bits per heavy atom. The van der Waals surface area contributed by atoms with Gasteiger partial charge >= 0.3 is 0 Å². The van der Waals surface area contributed by atoms with E-state index in [2.05, 4.69) is 40.7 Å². The van der Waals surface area contributed by atoms with Gasteiger partial charge in [-0.15, -0.1) is 0 Å².